The van der Waals surface area contributed by atoms with E-state index in [1.54, 1.807) is 24.3 Å². The van der Waals surface area contributed by atoms with Crippen molar-refractivity contribution in [2.24, 2.45) is 0 Å². The SMILES string of the molecule is C#CI(OS(=O)(=O)c1ccc(C)cc1)c1ccccc1. The summed E-state index contributed by atoms with van der Waals surface area (Å²) in [5.41, 5.74) is 0.985. The average molecular weight is 400 g/mol. The summed E-state index contributed by atoms with van der Waals surface area (Å²) in [4.78, 5) is 0.136. The predicted octanol–water partition coefficient (Wildman–Crippen LogP) is 3.58. The molecular weight excluding hydrogens is 387 g/mol. The van der Waals surface area contributed by atoms with Crippen molar-refractivity contribution in [3.63, 3.8) is 0 Å². The monoisotopic (exact) mass is 400 g/mol. The molecule has 0 saturated carbocycles. The van der Waals surface area contributed by atoms with Gasteiger partial charge in [-0.15, -0.1) is 0 Å². The molecule has 0 aliphatic rings. The summed E-state index contributed by atoms with van der Waals surface area (Å²) < 4.78 is 33.0. The molecule has 2 aromatic rings. The number of halogens is 1. The number of terminal acetylenes is 1. The number of hydrogen-bond donors (Lipinski definition) is 0. The van der Waals surface area contributed by atoms with Crippen LogP contribution in [-0.4, -0.2) is 8.42 Å². The molecule has 0 spiro atoms. The van der Waals surface area contributed by atoms with Crippen LogP contribution in [0.2, 0.25) is 0 Å². The van der Waals surface area contributed by atoms with E-state index in [-0.39, 0.29) is 4.90 Å². The Hall–Kier alpha value is -1.36. The molecule has 0 aliphatic carbocycles. The van der Waals surface area contributed by atoms with Gasteiger partial charge in [0.25, 0.3) is 0 Å². The average Bonchev–Trinajstić information content (AvgIpc) is 2.46. The molecule has 0 unspecified atom stereocenters. The van der Waals surface area contributed by atoms with E-state index < -0.39 is 30.4 Å². The van der Waals surface area contributed by atoms with Gasteiger partial charge < -0.3 is 0 Å². The Bertz CT molecular complexity index is 716. The van der Waals surface area contributed by atoms with E-state index in [0.29, 0.717) is 0 Å². The molecule has 2 rings (SSSR count). The topological polar surface area (TPSA) is 43.4 Å². The molecule has 0 saturated heterocycles. The van der Waals surface area contributed by atoms with Crippen LogP contribution >= 0.6 is 20.2 Å². The molecule has 0 fully saturated rings. The van der Waals surface area contributed by atoms with Gasteiger partial charge in [-0.1, -0.05) is 0 Å². The third-order valence-corrected chi connectivity index (χ3v) is 8.54. The van der Waals surface area contributed by atoms with Crippen LogP contribution in [0.4, 0.5) is 0 Å². The second kappa shape index (κ2) is 6.39. The molecule has 0 heterocycles. The fourth-order valence-electron chi connectivity index (χ4n) is 1.47. The molecule has 20 heavy (non-hydrogen) atoms. The molecule has 0 atom stereocenters. The van der Waals surface area contributed by atoms with Crippen LogP contribution in [0.15, 0.2) is 59.5 Å². The standard InChI is InChI=1S/C15H13IO3S/c1-3-16(14-7-5-4-6-8-14)19-20(17,18)15-11-9-13(2)10-12-15/h1,4-12H,2H3. The number of benzene rings is 2. The number of rotatable bonds is 4. The van der Waals surface area contributed by atoms with E-state index in [2.05, 4.69) is 3.93 Å². The van der Waals surface area contributed by atoms with Gasteiger partial charge in [0.2, 0.25) is 0 Å². The second-order valence-corrected chi connectivity index (χ2v) is 9.86. The van der Waals surface area contributed by atoms with Crippen LogP contribution in [0.3, 0.4) is 0 Å². The summed E-state index contributed by atoms with van der Waals surface area (Å²) >= 11 is -2.63. The number of aryl methyl sites for hydroxylation is 1. The first-order chi connectivity index (χ1) is 9.53. The molecule has 0 radical (unpaired) electrons. The normalized spacial score (nSPS) is 11.7. The molecule has 3 nitrogen and oxygen atoms in total. The van der Waals surface area contributed by atoms with Gasteiger partial charge in [0.15, 0.2) is 0 Å². The molecule has 104 valence electrons. The van der Waals surface area contributed by atoms with Crippen molar-refractivity contribution in [1.82, 2.24) is 0 Å². The van der Waals surface area contributed by atoms with Crippen LogP contribution in [-0.2, 0) is 12.6 Å². The first kappa shape index (κ1) is 15.0. The minimum atomic E-state index is -3.81. The molecule has 0 amide bonds. The molecular formula is C15H13IO3S. The van der Waals surface area contributed by atoms with E-state index >= 15 is 0 Å². The van der Waals surface area contributed by atoms with E-state index in [1.165, 1.54) is 12.1 Å². The van der Waals surface area contributed by atoms with E-state index in [1.807, 2.05) is 25.1 Å². The third-order valence-electron chi connectivity index (χ3n) is 2.49. The van der Waals surface area contributed by atoms with Gasteiger partial charge >= 0.3 is 127 Å². The summed E-state index contributed by atoms with van der Waals surface area (Å²) in [7, 11) is -3.81. The minimum absolute atomic E-state index is 0.136. The van der Waals surface area contributed by atoms with Gasteiger partial charge in [-0.2, -0.15) is 0 Å². The van der Waals surface area contributed by atoms with Gasteiger partial charge in [0, 0.05) is 0 Å². The summed E-state index contributed by atoms with van der Waals surface area (Å²) in [5.74, 6) is 0. The molecule has 0 aliphatic heterocycles. The Labute approximate surface area is 127 Å². The quantitative estimate of drug-likeness (QED) is 0.582. The van der Waals surface area contributed by atoms with Gasteiger partial charge in [-0.05, 0) is 0 Å². The molecule has 2 aromatic carbocycles. The first-order valence-corrected chi connectivity index (χ1v) is 10.2. The number of hydrogen-bond acceptors (Lipinski definition) is 3. The Balaban J connectivity index is 2.28. The van der Waals surface area contributed by atoms with Crippen LogP contribution in [0.5, 0.6) is 0 Å². The van der Waals surface area contributed by atoms with Crippen molar-refractivity contribution in [3.8, 4) is 10.4 Å². The maximum atomic E-state index is 12.2. The van der Waals surface area contributed by atoms with Crippen molar-refractivity contribution in [3.05, 3.63) is 63.7 Å². The fraction of sp³-hybridized carbons (Fsp3) is 0.0667. The summed E-state index contributed by atoms with van der Waals surface area (Å²) in [6, 6.07) is 15.6. The molecule has 5 heteroatoms. The zero-order chi connectivity index (χ0) is 14.6. The maximum absolute atomic E-state index is 12.2. The van der Waals surface area contributed by atoms with Crippen molar-refractivity contribution in [1.29, 1.82) is 0 Å². The van der Waals surface area contributed by atoms with Crippen molar-refractivity contribution >= 4 is 30.4 Å². The van der Waals surface area contributed by atoms with Gasteiger partial charge in [0.1, 0.15) is 0 Å². The molecule has 0 aromatic heterocycles. The van der Waals surface area contributed by atoms with E-state index in [0.717, 1.165) is 9.13 Å². The van der Waals surface area contributed by atoms with Gasteiger partial charge in [-0.3, -0.25) is 0 Å². The molecule has 0 N–H and O–H groups in total. The zero-order valence-electron chi connectivity index (χ0n) is 10.8. The summed E-state index contributed by atoms with van der Waals surface area (Å²) in [6.07, 6.45) is 5.44. The van der Waals surface area contributed by atoms with Crippen LogP contribution in [0, 0.1) is 20.8 Å². The Morgan fingerprint density at radius 2 is 1.65 bits per heavy atom. The summed E-state index contributed by atoms with van der Waals surface area (Å²) in [5, 5.41) is 0. The van der Waals surface area contributed by atoms with Crippen molar-refractivity contribution < 1.29 is 10.9 Å². The Morgan fingerprint density at radius 1 is 1.05 bits per heavy atom. The Morgan fingerprint density at radius 3 is 2.20 bits per heavy atom. The molecule has 0 bridgehead atoms. The third kappa shape index (κ3) is 3.60. The summed E-state index contributed by atoms with van der Waals surface area (Å²) in [6.45, 7) is 1.89. The van der Waals surface area contributed by atoms with E-state index in [4.69, 9.17) is 8.94 Å². The van der Waals surface area contributed by atoms with Crippen LogP contribution in [0.25, 0.3) is 0 Å². The predicted molar refractivity (Wildman–Crippen MR) is 87.4 cm³/mol. The van der Waals surface area contributed by atoms with Crippen LogP contribution < -0.4 is 0 Å². The van der Waals surface area contributed by atoms with Gasteiger partial charge in [-0.25, -0.2) is 0 Å². The second-order valence-electron chi connectivity index (χ2n) is 3.98. The first-order valence-electron chi connectivity index (χ1n) is 5.76. The van der Waals surface area contributed by atoms with Gasteiger partial charge in [0.05, 0.1) is 0 Å². The fourth-order valence-corrected chi connectivity index (χ4v) is 6.69. The van der Waals surface area contributed by atoms with Crippen LogP contribution in [0.1, 0.15) is 5.56 Å². The van der Waals surface area contributed by atoms with Crippen molar-refractivity contribution in [2.75, 3.05) is 0 Å². The zero-order valence-corrected chi connectivity index (χ0v) is 13.8. The Kier molecular flexibility index (Phi) is 4.81. The van der Waals surface area contributed by atoms with E-state index in [9.17, 15) is 8.42 Å². The van der Waals surface area contributed by atoms with Crippen molar-refractivity contribution in [2.45, 2.75) is 11.8 Å².